The first kappa shape index (κ1) is 14.0. The molecule has 0 fully saturated rings. The van der Waals surface area contributed by atoms with E-state index in [0.717, 1.165) is 18.2 Å². The Labute approximate surface area is 114 Å². The first-order valence-corrected chi connectivity index (χ1v) is 5.91. The molecule has 0 saturated heterocycles. The number of esters is 1. The molecular formula is C14H13F2NO3. The molecule has 1 heterocycles. The quantitative estimate of drug-likeness (QED) is 0.871. The highest BCUT2D eigenvalue weighted by Crippen LogP contribution is 2.24. The molecular weight excluding hydrogens is 268 g/mol. The number of hydrogen-bond donors (Lipinski definition) is 1. The number of furan rings is 1. The third kappa shape index (κ3) is 2.96. The van der Waals surface area contributed by atoms with Gasteiger partial charge >= 0.3 is 5.97 Å². The van der Waals surface area contributed by atoms with Gasteiger partial charge in [0.2, 0.25) is 5.76 Å². The van der Waals surface area contributed by atoms with Crippen LogP contribution in [0.3, 0.4) is 0 Å². The minimum atomic E-state index is -0.597. The van der Waals surface area contributed by atoms with E-state index in [9.17, 15) is 13.6 Å². The summed E-state index contributed by atoms with van der Waals surface area (Å²) >= 11 is 0. The monoisotopic (exact) mass is 281 g/mol. The highest BCUT2D eigenvalue weighted by molar-refractivity contribution is 5.86. The SMILES string of the molecule is COC(=O)c1ccc(C(C)Nc2cc(F)ccc2F)o1. The lowest BCUT2D eigenvalue weighted by atomic mass is 10.2. The Kier molecular flexibility index (Phi) is 4.02. The Hall–Kier alpha value is -2.37. The Morgan fingerprint density at radius 1 is 1.30 bits per heavy atom. The minimum Gasteiger partial charge on any atom is -0.463 e. The first-order valence-electron chi connectivity index (χ1n) is 5.91. The number of anilines is 1. The number of rotatable bonds is 4. The summed E-state index contributed by atoms with van der Waals surface area (Å²) < 4.78 is 36.4. The zero-order valence-electron chi connectivity index (χ0n) is 10.9. The van der Waals surface area contributed by atoms with Crippen molar-refractivity contribution in [2.45, 2.75) is 13.0 Å². The van der Waals surface area contributed by atoms with Gasteiger partial charge in [0.05, 0.1) is 18.8 Å². The van der Waals surface area contributed by atoms with Crippen molar-refractivity contribution >= 4 is 11.7 Å². The fraction of sp³-hybridized carbons (Fsp3) is 0.214. The molecule has 0 radical (unpaired) electrons. The Morgan fingerprint density at radius 3 is 2.75 bits per heavy atom. The maximum Gasteiger partial charge on any atom is 0.373 e. The molecule has 0 aliphatic heterocycles. The number of methoxy groups -OCH3 is 1. The maximum atomic E-state index is 13.5. The number of nitrogens with one attached hydrogen (secondary N) is 1. The van der Waals surface area contributed by atoms with Crippen molar-refractivity contribution < 1.29 is 22.7 Å². The van der Waals surface area contributed by atoms with Crippen LogP contribution in [0, 0.1) is 11.6 Å². The summed E-state index contributed by atoms with van der Waals surface area (Å²) in [4.78, 5) is 11.3. The van der Waals surface area contributed by atoms with Crippen molar-refractivity contribution in [1.29, 1.82) is 0 Å². The molecule has 0 saturated carbocycles. The lowest BCUT2D eigenvalue weighted by Gasteiger charge is -2.13. The van der Waals surface area contributed by atoms with E-state index in [1.807, 2.05) is 0 Å². The van der Waals surface area contributed by atoms with Gasteiger partial charge in [-0.3, -0.25) is 0 Å². The molecule has 0 aliphatic rings. The van der Waals surface area contributed by atoms with Crippen LogP contribution in [-0.4, -0.2) is 13.1 Å². The number of carbonyl (C=O) groups excluding carboxylic acids is 1. The highest BCUT2D eigenvalue weighted by atomic mass is 19.1. The van der Waals surface area contributed by atoms with Crippen molar-refractivity contribution in [2.24, 2.45) is 0 Å². The molecule has 6 heteroatoms. The molecule has 1 aromatic carbocycles. The summed E-state index contributed by atoms with van der Waals surface area (Å²) in [6.07, 6.45) is 0. The van der Waals surface area contributed by atoms with Crippen LogP contribution >= 0.6 is 0 Å². The van der Waals surface area contributed by atoms with Gasteiger partial charge in [-0.15, -0.1) is 0 Å². The molecule has 1 aromatic heterocycles. The Balaban J connectivity index is 2.15. The third-order valence-corrected chi connectivity index (χ3v) is 2.74. The second-order valence-electron chi connectivity index (χ2n) is 4.18. The van der Waals surface area contributed by atoms with Crippen molar-refractivity contribution in [2.75, 3.05) is 12.4 Å². The maximum absolute atomic E-state index is 13.5. The smallest absolute Gasteiger partial charge is 0.373 e. The van der Waals surface area contributed by atoms with Gasteiger partial charge in [-0.2, -0.15) is 0 Å². The van der Waals surface area contributed by atoms with Crippen LogP contribution in [0.5, 0.6) is 0 Å². The first-order chi connectivity index (χ1) is 9.51. The summed E-state index contributed by atoms with van der Waals surface area (Å²) in [6.45, 7) is 1.70. The largest absolute Gasteiger partial charge is 0.463 e. The van der Waals surface area contributed by atoms with Crippen molar-refractivity contribution in [3.05, 3.63) is 53.5 Å². The molecule has 0 amide bonds. The lowest BCUT2D eigenvalue weighted by molar-refractivity contribution is 0.0562. The van der Waals surface area contributed by atoms with Crippen LogP contribution in [0.1, 0.15) is 29.3 Å². The average Bonchev–Trinajstić information content (AvgIpc) is 2.91. The molecule has 0 spiro atoms. The van der Waals surface area contributed by atoms with E-state index in [2.05, 4.69) is 10.1 Å². The molecule has 4 nitrogen and oxygen atoms in total. The molecule has 2 rings (SSSR count). The van der Waals surface area contributed by atoms with E-state index in [0.29, 0.717) is 5.76 Å². The van der Waals surface area contributed by atoms with Crippen LogP contribution in [0.4, 0.5) is 14.5 Å². The highest BCUT2D eigenvalue weighted by Gasteiger charge is 2.16. The normalized spacial score (nSPS) is 12.0. The number of hydrogen-bond acceptors (Lipinski definition) is 4. The second kappa shape index (κ2) is 5.73. The summed E-state index contributed by atoms with van der Waals surface area (Å²) in [5.41, 5.74) is 0.0218. The minimum absolute atomic E-state index is 0.0218. The fourth-order valence-electron chi connectivity index (χ4n) is 1.71. The fourth-order valence-corrected chi connectivity index (χ4v) is 1.71. The number of carbonyl (C=O) groups is 1. The van der Waals surface area contributed by atoms with E-state index in [1.165, 1.54) is 13.2 Å². The molecule has 2 aromatic rings. The Bertz CT molecular complexity index is 625. The molecule has 0 aliphatic carbocycles. The van der Waals surface area contributed by atoms with Gasteiger partial charge in [-0.25, -0.2) is 13.6 Å². The van der Waals surface area contributed by atoms with Crippen molar-refractivity contribution in [1.82, 2.24) is 0 Å². The predicted octanol–water partition coefficient (Wildman–Crippen LogP) is 3.52. The second-order valence-corrected chi connectivity index (χ2v) is 4.18. The van der Waals surface area contributed by atoms with Gasteiger partial charge in [0.25, 0.3) is 0 Å². The third-order valence-electron chi connectivity index (χ3n) is 2.74. The van der Waals surface area contributed by atoms with E-state index >= 15 is 0 Å². The van der Waals surface area contributed by atoms with E-state index in [-0.39, 0.29) is 11.4 Å². The van der Waals surface area contributed by atoms with Gasteiger partial charge in [-0.1, -0.05) is 0 Å². The Morgan fingerprint density at radius 2 is 2.05 bits per heavy atom. The van der Waals surface area contributed by atoms with Crippen LogP contribution in [0.2, 0.25) is 0 Å². The zero-order valence-corrected chi connectivity index (χ0v) is 10.9. The van der Waals surface area contributed by atoms with E-state index in [1.54, 1.807) is 13.0 Å². The van der Waals surface area contributed by atoms with Crippen LogP contribution in [0.25, 0.3) is 0 Å². The summed E-state index contributed by atoms with van der Waals surface area (Å²) in [7, 11) is 1.24. The molecule has 1 atom stereocenters. The van der Waals surface area contributed by atoms with Gasteiger partial charge in [0.15, 0.2) is 0 Å². The molecule has 1 N–H and O–H groups in total. The molecule has 1 unspecified atom stereocenters. The summed E-state index contributed by atoms with van der Waals surface area (Å²) in [5, 5.41) is 2.78. The van der Waals surface area contributed by atoms with Gasteiger partial charge < -0.3 is 14.5 Å². The molecule has 20 heavy (non-hydrogen) atoms. The summed E-state index contributed by atoms with van der Waals surface area (Å²) in [6, 6.07) is 5.71. The molecule has 0 bridgehead atoms. The molecule has 106 valence electrons. The number of halogens is 2. The topological polar surface area (TPSA) is 51.5 Å². The van der Waals surface area contributed by atoms with Crippen LogP contribution < -0.4 is 5.32 Å². The zero-order chi connectivity index (χ0) is 14.7. The van der Waals surface area contributed by atoms with Gasteiger partial charge in [-0.05, 0) is 37.3 Å². The standard InChI is InChI=1S/C14H13F2NO3/c1-8(12-5-6-13(20-12)14(18)19-2)17-11-7-9(15)3-4-10(11)16/h3-8,17H,1-2H3. The number of ether oxygens (including phenoxy) is 1. The van der Waals surface area contributed by atoms with E-state index in [4.69, 9.17) is 4.42 Å². The van der Waals surface area contributed by atoms with Crippen molar-refractivity contribution in [3.8, 4) is 0 Å². The number of benzene rings is 1. The van der Waals surface area contributed by atoms with Crippen molar-refractivity contribution in [3.63, 3.8) is 0 Å². The average molecular weight is 281 g/mol. The summed E-state index contributed by atoms with van der Waals surface area (Å²) in [5.74, 6) is -1.25. The van der Waals surface area contributed by atoms with Crippen LogP contribution in [-0.2, 0) is 4.74 Å². The van der Waals surface area contributed by atoms with Gasteiger partial charge in [0, 0.05) is 0 Å². The van der Waals surface area contributed by atoms with Crippen LogP contribution in [0.15, 0.2) is 34.7 Å². The van der Waals surface area contributed by atoms with E-state index < -0.39 is 23.6 Å². The lowest BCUT2D eigenvalue weighted by Crippen LogP contribution is -2.07. The predicted molar refractivity (Wildman–Crippen MR) is 68.4 cm³/mol. The van der Waals surface area contributed by atoms with Gasteiger partial charge in [0.1, 0.15) is 17.4 Å².